The smallest absolute Gasteiger partial charge is 0.151 e. The highest BCUT2D eigenvalue weighted by Crippen LogP contribution is 2.22. The highest BCUT2D eigenvalue weighted by Gasteiger charge is 2.27. The van der Waals surface area contributed by atoms with Crippen molar-refractivity contribution in [2.75, 3.05) is 26.5 Å². The molecule has 0 aromatic carbocycles. The van der Waals surface area contributed by atoms with Crippen LogP contribution in [0.15, 0.2) is 0 Å². The normalized spacial score (nSPS) is 22.9. The molecule has 1 heterocycles. The summed E-state index contributed by atoms with van der Waals surface area (Å²) >= 11 is 0. The maximum atomic E-state index is 11.5. The summed E-state index contributed by atoms with van der Waals surface area (Å²) in [6, 6.07) is 0.0538. The Kier molecular flexibility index (Phi) is 5.21. The second-order valence-electron chi connectivity index (χ2n) is 4.72. The molecule has 0 aromatic rings. The molecule has 0 bridgehead atoms. The van der Waals surface area contributed by atoms with E-state index >= 15 is 0 Å². The minimum Gasteiger partial charge on any atom is -0.381 e. The Balaban J connectivity index is 2.53. The monoisotopic (exact) mass is 249 g/mol. The molecule has 2 unspecified atom stereocenters. The third kappa shape index (κ3) is 4.03. The molecule has 1 rings (SSSR count). The molecule has 4 nitrogen and oxygen atoms in total. The summed E-state index contributed by atoms with van der Waals surface area (Å²) in [7, 11) is -1.12. The maximum Gasteiger partial charge on any atom is 0.151 e. The molecular weight excluding hydrogens is 226 g/mol. The van der Waals surface area contributed by atoms with E-state index < -0.39 is 9.84 Å². The molecule has 5 heteroatoms. The topological polar surface area (TPSA) is 55.4 Å². The summed E-state index contributed by atoms with van der Waals surface area (Å²) in [5, 5.41) is 2.82. The van der Waals surface area contributed by atoms with Gasteiger partial charge in [0, 0.05) is 25.5 Å². The summed E-state index contributed by atoms with van der Waals surface area (Å²) < 4.78 is 28.3. The Morgan fingerprint density at radius 1 is 1.38 bits per heavy atom. The fraction of sp³-hybridized carbons (Fsp3) is 1.00. The van der Waals surface area contributed by atoms with Crippen molar-refractivity contribution in [1.82, 2.24) is 5.32 Å². The van der Waals surface area contributed by atoms with E-state index in [0.717, 1.165) is 32.5 Å². The molecule has 0 radical (unpaired) electrons. The second-order valence-corrected chi connectivity index (χ2v) is 7.12. The fourth-order valence-electron chi connectivity index (χ4n) is 2.18. The standard InChI is InChI=1S/C11H23NO3S/c1-9(16(3,13)14)11(12-2)8-10-4-6-15-7-5-10/h9-12H,4-8H2,1-3H3. The number of hydrogen-bond acceptors (Lipinski definition) is 4. The molecular formula is C11H23NO3S. The number of sulfone groups is 1. The Labute approximate surface area is 98.7 Å². The van der Waals surface area contributed by atoms with Gasteiger partial charge in [-0.25, -0.2) is 8.42 Å². The molecule has 0 saturated carbocycles. The van der Waals surface area contributed by atoms with Crippen molar-refractivity contribution in [3.63, 3.8) is 0 Å². The first-order valence-electron chi connectivity index (χ1n) is 5.89. The molecule has 16 heavy (non-hydrogen) atoms. The van der Waals surface area contributed by atoms with E-state index in [1.165, 1.54) is 6.26 Å². The lowest BCUT2D eigenvalue weighted by molar-refractivity contribution is 0.0608. The number of hydrogen-bond donors (Lipinski definition) is 1. The van der Waals surface area contributed by atoms with Gasteiger partial charge in [-0.1, -0.05) is 0 Å². The molecule has 1 N–H and O–H groups in total. The first-order valence-corrected chi connectivity index (χ1v) is 7.84. The zero-order valence-electron chi connectivity index (χ0n) is 10.4. The number of rotatable bonds is 5. The first kappa shape index (κ1) is 13.9. The van der Waals surface area contributed by atoms with Gasteiger partial charge in [0.25, 0.3) is 0 Å². The Hall–Kier alpha value is -0.130. The van der Waals surface area contributed by atoms with Crippen molar-refractivity contribution in [2.24, 2.45) is 5.92 Å². The van der Waals surface area contributed by atoms with Crippen LogP contribution in [0, 0.1) is 5.92 Å². The van der Waals surface area contributed by atoms with E-state index in [4.69, 9.17) is 4.74 Å². The van der Waals surface area contributed by atoms with Crippen LogP contribution in [0.2, 0.25) is 0 Å². The molecule has 0 amide bonds. The van der Waals surface area contributed by atoms with Gasteiger partial charge in [0.1, 0.15) is 0 Å². The summed E-state index contributed by atoms with van der Waals surface area (Å²) in [5.41, 5.74) is 0. The zero-order chi connectivity index (χ0) is 12.2. The average molecular weight is 249 g/mol. The quantitative estimate of drug-likeness (QED) is 0.784. The second kappa shape index (κ2) is 5.98. The fourth-order valence-corrected chi connectivity index (χ4v) is 3.03. The summed E-state index contributed by atoms with van der Waals surface area (Å²) in [5.74, 6) is 0.593. The molecule has 1 aliphatic rings. The predicted octanol–water partition coefficient (Wildman–Crippen LogP) is 0.824. The third-order valence-corrected chi connectivity index (χ3v) is 5.22. The van der Waals surface area contributed by atoms with Gasteiger partial charge in [-0.3, -0.25) is 0 Å². The highest BCUT2D eigenvalue weighted by molar-refractivity contribution is 7.91. The van der Waals surface area contributed by atoms with E-state index in [9.17, 15) is 8.42 Å². The number of ether oxygens (including phenoxy) is 1. The minimum absolute atomic E-state index is 0.0538. The highest BCUT2D eigenvalue weighted by atomic mass is 32.2. The van der Waals surface area contributed by atoms with Crippen LogP contribution in [-0.2, 0) is 14.6 Å². The van der Waals surface area contributed by atoms with Gasteiger partial charge in [-0.05, 0) is 39.2 Å². The molecule has 1 fully saturated rings. The van der Waals surface area contributed by atoms with Crippen molar-refractivity contribution in [1.29, 1.82) is 0 Å². The van der Waals surface area contributed by atoms with Crippen LogP contribution in [0.3, 0.4) is 0 Å². The molecule has 0 spiro atoms. The molecule has 0 aromatic heterocycles. The van der Waals surface area contributed by atoms with Crippen molar-refractivity contribution in [3.8, 4) is 0 Å². The van der Waals surface area contributed by atoms with Gasteiger partial charge in [0.15, 0.2) is 9.84 Å². The summed E-state index contributed by atoms with van der Waals surface area (Å²) in [4.78, 5) is 0. The van der Waals surface area contributed by atoms with Gasteiger partial charge in [-0.2, -0.15) is 0 Å². The van der Waals surface area contributed by atoms with E-state index in [0.29, 0.717) is 5.92 Å². The Morgan fingerprint density at radius 2 is 1.94 bits per heavy atom. The van der Waals surface area contributed by atoms with Crippen molar-refractivity contribution < 1.29 is 13.2 Å². The van der Waals surface area contributed by atoms with Crippen LogP contribution in [-0.4, -0.2) is 46.2 Å². The molecule has 1 aliphatic heterocycles. The van der Waals surface area contributed by atoms with Crippen molar-refractivity contribution in [2.45, 2.75) is 37.5 Å². The lowest BCUT2D eigenvalue weighted by Crippen LogP contribution is -2.42. The van der Waals surface area contributed by atoms with E-state index in [1.54, 1.807) is 6.92 Å². The van der Waals surface area contributed by atoms with Crippen molar-refractivity contribution >= 4 is 9.84 Å². The Morgan fingerprint density at radius 3 is 2.38 bits per heavy atom. The van der Waals surface area contributed by atoms with E-state index in [1.807, 2.05) is 7.05 Å². The summed E-state index contributed by atoms with van der Waals surface area (Å²) in [6.07, 6.45) is 4.34. The lowest BCUT2D eigenvalue weighted by atomic mass is 9.91. The minimum atomic E-state index is -2.96. The summed E-state index contributed by atoms with van der Waals surface area (Å²) in [6.45, 7) is 3.42. The molecule has 96 valence electrons. The molecule has 0 aliphatic carbocycles. The van der Waals surface area contributed by atoms with Crippen LogP contribution in [0.1, 0.15) is 26.2 Å². The van der Waals surface area contributed by atoms with Gasteiger partial charge in [0.05, 0.1) is 5.25 Å². The number of nitrogens with one attached hydrogen (secondary N) is 1. The molecule has 2 atom stereocenters. The molecule has 1 saturated heterocycles. The third-order valence-electron chi connectivity index (χ3n) is 3.54. The van der Waals surface area contributed by atoms with Gasteiger partial charge in [0.2, 0.25) is 0 Å². The van der Waals surface area contributed by atoms with E-state index in [2.05, 4.69) is 5.32 Å². The van der Waals surface area contributed by atoms with Gasteiger partial charge in [-0.15, -0.1) is 0 Å². The zero-order valence-corrected chi connectivity index (χ0v) is 11.2. The maximum absolute atomic E-state index is 11.5. The van der Waals surface area contributed by atoms with Gasteiger partial charge < -0.3 is 10.1 Å². The first-order chi connectivity index (χ1) is 7.45. The largest absolute Gasteiger partial charge is 0.381 e. The lowest BCUT2D eigenvalue weighted by Gasteiger charge is -2.29. The van der Waals surface area contributed by atoms with Gasteiger partial charge >= 0.3 is 0 Å². The van der Waals surface area contributed by atoms with Crippen molar-refractivity contribution in [3.05, 3.63) is 0 Å². The average Bonchev–Trinajstić information content (AvgIpc) is 2.25. The van der Waals surface area contributed by atoms with E-state index in [-0.39, 0.29) is 11.3 Å². The van der Waals surface area contributed by atoms with Crippen LogP contribution in [0.5, 0.6) is 0 Å². The van der Waals surface area contributed by atoms with Crippen LogP contribution >= 0.6 is 0 Å². The van der Waals surface area contributed by atoms with Crippen LogP contribution < -0.4 is 5.32 Å². The van der Waals surface area contributed by atoms with Crippen LogP contribution in [0.25, 0.3) is 0 Å². The SMILES string of the molecule is CNC(CC1CCOCC1)C(C)S(C)(=O)=O. The predicted molar refractivity (Wildman–Crippen MR) is 65.3 cm³/mol. The Bertz CT molecular complexity index is 296. The van der Waals surface area contributed by atoms with Crippen LogP contribution in [0.4, 0.5) is 0 Å².